The fraction of sp³-hybridized carbons (Fsp3) is 0.778. The molecule has 1 aromatic heterocycles. The third-order valence-corrected chi connectivity index (χ3v) is 5.99. The fourth-order valence-corrected chi connectivity index (χ4v) is 4.52. The zero-order chi connectivity index (χ0) is 15.6. The number of rotatable bonds is 5. The van der Waals surface area contributed by atoms with Crippen LogP contribution in [0.4, 0.5) is 5.82 Å². The van der Waals surface area contributed by atoms with Gasteiger partial charge in [0.05, 0.1) is 0 Å². The van der Waals surface area contributed by atoms with Gasteiger partial charge in [0.1, 0.15) is 12.1 Å². The van der Waals surface area contributed by atoms with E-state index >= 15 is 0 Å². The Bertz CT molecular complexity index is 526. The van der Waals surface area contributed by atoms with Gasteiger partial charge in [0.2, 0.25) is 0 Å². The Labute approximate surface area is 139 Å². The maximum absolute atomic E-state index is 4.46. The number of likely N-dealkylation sites (tertiary alicyclic amines) is 1. The lowest BCUT2D eigenvalue weighted by atomic mass is 10.1. The van der Waals surface area contributed by atoms with Gasteiger partial charge in [0.15, 0.2) is 0 Å². The topological polar surface area (TPSA) is 35.5 Å². The minimum absolute atomic E-state index is 0.912. The van der Waals surface area contributed by atoms with Gasteiger partial charge in [-0.25, -0.2) is 9.97 Å². The van der Waals surface area contributed by atoms with Crippen LogP contribution in [0.5, 0.6) is 0 Å². The Morgan fingerprint density at radius 3 is 2.65 bits per heavy atom. The first-order chi connectivity index (χ1) is 11.3. The third kappa shape index (κ3) is 3.36. The first kappa shape index (κ1) is 15.3. The summed E-state index contributed by atoms with van der Waals surface area (Å²) >= 11 is 0. The summed E-state index contributed by atoms with van der Waals surface area (Å²) < 4.78 is 0. The van der Waals surface area contributed by atoms with Gasteiger partial charge < -0.3 is 4.90 Å². The van der Waals surface area contributed by atoms with Gasteiger partial charge >= 0.3 is 0 Å². The second kappa shape index (κ2) is 6.73. The molecule has 3 heterocycles. The van der Waals surface area contributed by atoms with Gasteiger partial charge in [-0.2, -0.15) is 0 Å². The predicted molar refractivity (Wildman–Crippen MR) is 92.8 cm³/mol. The highest BCUT2D eigenvalue weighted by atomic mass is 15.3. The van der Waals surface area contributed by atoms with E-state index in [2.05, 4.69) is 37.7 Å². The van der Waals surface area contributed by atoms with E-state index in [1.807, 2.05) is 0 Å². The molecule has 0 unspecified atom stereocenters. The van der Waals surface area contributed by atoms with Crippen LogP contribution in [-0.4, -0.2) is 71.6 Å². The molecule has 5 nitrogen and oxygen atoms in total. The van der Waals surface area contributed by atoms with Gasteiger partial charge in [-0.1, -0.05) is 6.92 Å². The second-order valence-electron chi connectivity index (χ2n) is 7.38. The lowest BCUT2D eigenvalue weighted by Crippen LogP contribution is -2.49. The van der Waals surface area contributed by atoms with Gasteiger partial charge in [0, 0.05) is 63.6 Å². The summed E-state index contributed by atoms with van der Waals surface area (Å²) in [5.41, 5.74) is 1.14. The molecule has 126 valence electrons. The van der Waals surface area contributed by atoms with Crippen molar-refractivity contribution in [2.75, 3.05) is 50.7 Å². The molecular formula is C18H29N5. The monoisotopic (exact) mass is 315 g/mol. The van der Waals surface area contributed by atoms with Crippen molar-refractivity contribution in [1.82, 2.24) is 19.8 Å². The van der Waals surface area contributed by atoms with Crippen molar-refractivity contribution in [3.8, 4) is 0 Å². The van der Waals surface area contributed by atoms with Crippen LogP contribution in [0.25, 0.3) is 0 Å². The summed E-state index contributed by atoms with van der Waals surface area (Å²) in [6.45, 7) is 10.5. The predicted octanol–water partition coefficient (Wildman–Crippen LogP) is 1.65. The fourth-order valence-electron chi connectivity index (χ4n) is 4.52. The Kier molecular flexibility index (Phi) is 4.49. The quantitative estimate of drug-likeness (QED) is 0.825. The largest absolute Gasteiger partial charge is 0.354 e. The van der Waals surface area contributed by atoms with Crippen LogP contribution >= 0.6 is 0 Å². The summed E-state index contributed by atoms with van der Waals surface area (Å²) in [7, 11) is 0. The number of aromatic nitrogens is 2. The van der Waals surface area contributed by atoms with E-state index in [4.69, 9.17) is 0 Å². The molecule has 2 saturated heterocycles. The molecule has 0 radical (unpaired) electrons. The molecule has 23 heavy (non-hydrogen) atoms. The van der Waals surface area contributed by atoms with Crippen LogP contribution in [0.15, 0.2) is 12.4 Å². The van der Waals surface area contributed by atoms with Crippen molar-refractivity contribution >= 4 is 5.82 Å². The van der Waals surface area contributed by atoms with Crippen LogP contribution in [0.2, 0.25) is 0 Å². The van der Waals surface area contributed by atoms with Crippen LogP contribution in [0.3, 0.4) is 0 Å². The Hall–Kier alpha value is -1.20. The minimum atomic E-state index is 0.912. The Morgan fingerprint density at radius 1 is 1.09 bits per heavy atom. The number of piperidine rings is 1. The first-order valence-electron chi connectivity index (χ1n) is 9.34. The van der Waals surface area contributed by atoms with E-state index in [1.54, 1.807) is 6.33 Å². The highest BCUT2D eigenvalue weighted by molar-refractivity contribution is 5.39. The van der Waals surface area contributed by atoms with Crippen molar-refractivity contribution in [2.24, 2.45) is 5.92 Å². The van der Waals surface area contributed by atoms with E-state index in [-0.39, 0.29) is 0 Å². The molecule has 0 N–H and O–H groups in total. The van der Waals surface area contributed by atoms with Gasteiger partial charge in [-0.3, -0.25) is 9.80 Å². The van der Waals surface area contributed by atoms with E-state index in [9.17, 15) is 0 Å². The molecule has 5 heteroatoms. The summed E-state index contributed by atoms with van der Waals surface area (Å²) in [5, 5.41) is 0. The first-order valence-corrected chi connectivity index (χ1v) is 9.34. The molecule has 2 bridgehead atoms. The van der Waals surface area contributed by atoms with Crippen molar-refractivity contribution in [2.45, 2.75) is 38.6 Å². The molecule has 0 aromatic carbocycles. The summed E-state index contributed by atoms with van der Waals surface area (Å²) in [4.78, 5) is 16.6. The van der Waals surface area contributed by atoms with Crippen LogP contribution in [-0.2, 0) is 6.42 Å². The smallest absolute Gasteiger partial charge is 0.132 e. The summed E-state index contributed by atoms with van der Waals surface area (Å²) in [6, 6.07) is 3.06. The van der Waals surface area contributed by atoms with Crippen molar-refractivity contribution in [3.63, 3.8) is 0 Å². The number of nitrogens with zero attached hydrogens (tertiary/aromatic N) is 5. The van der Waals surface area contributed by atoms with Crippen molar-refractivity contribution in [3.05, 3.63) is 18.1 Å². The highest BCUT2D eigenvalue weighted by Crippen LogP contribution is 2.36. The van der Waals surface area contributed by atoms with Gasteiger partial charge in [-0.05, 0) is 31.6 Å². The molecule has 2 aliphatic heterocycles. The standard InChI is InChI=1S/C18H29N5/c1-2-16-12-18(20-14-19-16)22-8-5-21(6-9-22)7-10-23-13-15-3-4-17(23)11-15/h12,14-15,17H,2-11,13H2,1H3/t15-,17+/m1/s1. The molecule has 0 spiro atoms. The molecule has 1 aliphatic carbocycles. The average Bonchev–Trinajstić information content (AvgIpc) is 3.23. The number of anilines is 1. The lowest BCUT2D eigenvalue weighted by molar-refractivity contribution is 0.167. The number of hydrogen-bond acceptors (Lipinski definition) is 5. The number of piperazine rings is 1. The van der Waals surface area contributed by atoms with Crippen LogP contribution in [0.1, 0.15) is 31.9 Å². The molecule has 4 rings (SSSR count). The maximum atomic E-state index is 4.46. The Balaban J connectivity index is 1.24. The lowest BCUT2D eigenvalue weighted by Gasteiger charge is -2.37. The molecule has 0 amide bonds. The van der Waals surface area contributed by atoms with Crippen molar-refractivity contribution in [1.29, 1.82) is 0 Å². The molecular weight excluding hydrogens is 286 g/mol. The molecule has 3 fully saturated rings. The van der Waals surface area contributed by atoms with E-state index in [0.717, 1.165) is 56.1 Å². The van der Waals surface area contributed by atoms with E-state index in [1.165, 1.54) is 38.9 Å². The van der Waals surface area contributed by atoms with E-state index in [0.29, 0.717) is 0 Å². The molecule has 1 saturated carbocycles. The maximum Gasteiger partial charge on any atom is 0.132 e. The Morgan fingerprint density at radius 2 is 1.96 bits per heavy atom. The van der Waals surface area contributed by atoms with Gasteiger partial charge in [0.25, 0.3) is 0 Å². The van der Waals surface area contributed by atoms with Crippen molar-refractivity contribution < 1.29 is 0 Å². The second-order valence-corrected chi connectivity index (χ2v) is 7.38. The average molecular weight is 315 g/mol. The normalized spacial score (nSPS) is 28.7. The summed E-state index contributed by atoms with van der Waals surface area (Å²) in [6.07, 6.45) is 7.10. The van der Waals surface area contributed by atoms with Crippen LogP contribution in [0, 0.1) is 5.92 Å². The highest BCUT2D eigenvalue weighted by Gasteiger charge is 2.37. The zero-order valence-corrected chi connectivity index (χ0v) is 14.3. The zero-order valence-electron chi connectivity index (χ0n) is 14.3. The van der Waals surface area contributed by atoms with E-state index < -0.39 is 0 Å². The van der Waals surface area contributed by atoms with Gasteiger partial charge in [-0.15, -0.1) is 0 Å². The number of hydrogen-bond donors (Lipinski definition) is 0. The summed E-state index contributed by atoms with van der Waals surface area (Å²) in [5.74, 6) is 2.12. The third-order valence-electron chi connectivity index (χ3n) is 5.99. The number of fused-ring (bicyclic) bond motifs is 2. The minimum Gasteiger partial charge on any atom is -0.354 e. The molecule has 3 aliphatic rings. The molecule has 2 atom stereocenters. The number of aryl methyl sites for hydroxylation is 1. The molecule has 1 aromatic rings. The SMILES string of the molecule is CCc1cc(N2CCN(CCN3C[C@@H]4CC[C@H]3C4)CC2)ncn1. The van der Waals surface area contributed by atoms with Crippen LogP contribution < -0.4 is 4.90 Å².